The summed E-state index contributed by atoms with van der Waals surface area (Å²) in [6.07, 6.45) is 0. The van der Waals surface area contributed by atoms with Crippen molar-refractivity contribution < 1.29 is 4.79 Å². The molecule has 0 saturated carbocycles. The van der Waals surface area contributed by atoms with Crippen LogP contribution in [0.2, 0.25) is 4.34 Å². The fourth-order valence-electron chi connectivity index (χ4n) is 2.73. The van der Waals surface area contributed by atoms with Gasteiger partial charge in [0.2, 0.25) is 5.91 Å². The number of hydrogen-bond donors (Lipinski definition) is 1. The van der Waals surface area contributed by atoms with Crippen molar-refractivity contribution in [2.45, 2.75) is 6.54 Å². The number of thiophene rings is 1. The first-order valence-corrected chi connectivity index (χ1v) is 9.81. The van der Waals surface area contributed by atoms with Gasteiger partial charge in [-0.25, -0.2) is 0 Å². The minimum absolute atomic E-state index is 0.0339. The Hall–Kier alpha value is -0.920. The van der Waals surface area contributed by atoms with Crippen molar-refractivity contribution in [3.63, 3.8) is 0 Å². The fourth-order valence-corrected chi connectivity index (χ4v) is 4.26. The second-order valence-corrected chi connectivity index (χ2v) is 8.53. The van der Waals surface area contributed by atoms with E-state index < -0.39 is 0 Å². The van der Waals surface area contributed by atoms with Gasteiger partial charge in [-0.2, -0.15) is 0 Å². The standard InChI is InChI=1S/C17H19BrClN3OS/c18-13-2-1-3-14(10-13)20-17(23)12-22-8-6-21(7-9-22)11-15-4-5-16(19)24-15/h1-5,10H,6-9,11-12H2,(H,20,23). The highest BCUT2D eigenvalue weighted by molar-refractivity contribution is 9.10. The maximum absolute atomic E-state index is 12.2. The average Bonchev–Trinajstić information content (AvgIpc) is 2.94. The van der Waals surface area contributed by atoms with Gasteiger partial charge in [0.05, 0.1) is 10.9 Å². The highest BCUT2D eigenvalue weighted by Gasteiger charge is 2.19. The number of anilines is 1. The molecule has 1 saturated heterocycles. The molecule has 3 rings (SSSR count). The number of halogens is 2. The molecule has 0 radical (unpaired) electrons. The van der Waals surface area contributed by atoms with Crippen LogP contribution in [0.4, 0.5) is 5.69 Å². The molecule has 7 heteroatoms. The van der Waals surface area contributed by atoms with Gasteiger partial charge in [-0.15, -0.1) is 11.3 Å². The number of piperazine rings is 1. The van der Waals surface area contributed by atoms with Crippen molar-refractivity contribution in [3.05, 3.63) is 50.1 Å². The van der Waals surface area contributed by atoms with Crippen LogP contribution in [0, 0.1) is 0 Å². The summed E-state index contributed by atoms with van der Waals surface area (Å²) in [5, 5.41) is 2.95. The largest absolute Gasteiger partial charge is 0.325 e. The zero-order chi connectivity index (χ0) is 16.9. The molecule has 0 atom stereocenters. The Kier molecular flexibility index (Phi) is 6.30. The topological polar surface area (TPSA) is 35.6 Å². The van der Waals surface area contributed by atoms with Gasteiger partial charge >= 0.3 is 0 Å². The highest BCUT2D eigenvalue weighted by atomic mass is 79.9. The third-order valence-electron chi connectivity index (χ3n) is 3.95. The summed E-state index contributed by atoms with van der Waals surface area (Å²) in [5.74, 6) is 0.0339. The first kappa shape index (κ1) is 17.9. The van der Waals surface area contributed by atoms with Gasteiger partial charge < -0.3 is 5.32 Å². The third kappa shape index (κ3) is 5.29. The lowest BCUT2D eigenvalue weighted by Gasteiger charge is -2.34. The van der Waals surface area contributed by atoms with Crippen molar-refractivity contribution in [2.24, 2.45) is 0 Å². The van der Waals surface area contributed by atoms with Crippen molar-refractivity contribution in [1.82, 2.24) is 9.80 Å². The van der Waals surface area contributed by atoms with E-state index in [1.165, 1.54) is 4.88 Å². The number of carbonyl (C=O) groups is 1. The van der Waals surface area contributed by atoms with E-state index in [0.717, 1.165) is 47.2 Å². The van der Waals surface area contributed by atoms with Gasteiger partial charge in [0.15, 0.2) is 0 Å². The Bertz CT molecular complexity index is 701. The molecule has 0 spiro atoms. The molecule has 1 aromatic carbocycles. The predicted molar refractivity (Wildman–Crippen MR) is 104 cm³/mol. The van der Waals surface area contributed by atoms with Crippen LogP contribution in [-0.2, 0) is 11.3 Å². The SMILES string of the molecule is O=C(CN1CCN(Cc2ccc(Cl)s2)CC1)Nc1cccc(Br)c1. The molecule has 1 aliphatic rings. The summed E-state index contributed by atoms with van der Waals surface area (Å²) < 4.78 is 1.80. The van der Waals surface area contributed by atoms with Crippen LogP contribution >= 0.6 is 38.9 Å². The lowest BCUT2D eigenvalue weighted by Crippen LogP contribution is -2.48. The van der Waals surface area contributed by atoms with Crippen LogP contribution < -0.4 is 5.32 Å². The van der Waals surface area contributed by atoms with E-state index in [2.05, 4.69) is 37.1 Å². The second-order valence-electron chi connectivity index (χ2n) is 5.82. The number of rotatable bonds is 5. The number of carbonyl (C=O) groups excluding carboxylic acids is 1. The Morgan fingerprint density at radius 1 is 1.17 bits per heavy atom. The molecular weight excluding hydrogens is 410 g/mol. The molecular formula is C17H19BrClN3OS. The molecule has 1 N–H and O–H groups in total. The van der Waals surface area contributed by atoms with E-state index in [9.17, 15) is 4.79 Å². The molecule has 0 aliphatic carbocycles. The molecule has 0 unspecified atom stereocenters. The monoisotopic (exact) mass is 427 g/mol. The van der Waals surface area contributed by atoms with Crippen molar-refractivity contribution in [2.75, 3.05) is 38.0 Å². The van der Waals surface area contributed by atoms with Crippen LogP contribution in [0.5, 0.6) is 0 Å². The number of benzene rings is 1. The molecule has 2 aromatic rings. The smallest absolute Gasteiger partial charge is 0.238 e. The zero-order valence-electron chi connectivity index (χ0n) is 13.2. The highest BCUT2D eigenvalue weighted by Crippen LogP contribution is 2.23. The normalized spacial score (nSPS) is 16.2. The first-order valence-electron chi connectivity index (χ1n) is 7.83. The van der Waals surface area contributed by atoms with E-state index in [1.807, 2.05) is 30.3 Å². The molecule has 1 amide bonds. The summed E-state index contributed by atoms with van der Waals surface area (Å²) >= 11 is 11.0. The molecule has 2 heterocycles. The lowest BCUT2D eigenvalue weighted by molar-refractivity contribution is -0.117. The number of nitrogens with zero attached hydrogens (tertiary/aromatic N) is 2. The minimum Gasteiger partial charge on any atom is -0.325 e. The third-order valence-corrected chi connectivity index (χ3v) is 5.66. The molecule has 1 aliphatic heterocycles. The Morgan fingerprint density at radius 2 is 1.92 bits per heavy atom. The second kappa shape index (κ2) is 8.45. The number of hydrogen-bond acceptors (Lipinski definition) is 4. The summed E-state index contributed by atoms with van der Waals surface area (Å²) in [7, 11) is 0. The Labute approximate surface area is 159 Å². The number of amides is 1. The number of nitrogens with one attached hydrogen (secondary N) is 1. The fraction of sp³-hybridized carbons (Fsp3) is 0.353. The Morgan fingerprint density at radius 3 is 2.58 bits per heavy atom. The molecule has 0 bridgehead atoms. The Balaban J connectivity index is 1.42. The average molecular weight is 429 g/mol. The van der Waals surface area contributed by atoms with Gasteiger partial charge in [-0.1, -0.05) is 33.6 Å². The molecule has 128 valence electrons. The van der Waals surface area contributed by atoms with Gasteiger partial charge in [0.25, 0.3) is 0 Å². The summed E-state index contributed by atoms with van der Waals surface area (Å²) in [4.78, 5) is 18.1. The predicted octanol–water partition coefficient (Wildman–Crippen LogP) is 3.92. The van der Waals surface area contributed by atoms with Crippen LogP contribution in [0.15, 0.2) is 40.9 Å². The van der Waals surface area contributed by atoms with Gasteiger partial charge in [-0.05, 0) is 30.3 Å². The molecule has 4 nitrogen and oxygen atoms in total. The maximum Gasteiger partial charge on any atom is 0.238 e. The summed E-state index contributed by atoms with van der Waals surface area (Å²) in [5.41, 5.74) is 0.822. The minimum atomic E-state index is 0.0339. The van der Waals surface area contributed by atoms with Crippen molar-refractivity contribution >= 4 is 50.5 Å². The summed E-state index contributed by atoms with van der Waals surface area (Å²) in [6, 6.07) is 11.7. The molecule has 24 heavy (non-hydrogen) atoms. The maximum atomic E-state index is 12.2. The summed E-state index contributed by atoms with van der Waals surface area (Å²) in [6.45, 7) is 5.13. The van der Waals surface area contributed by atoms with Crippen molar-refractivity contribution in [1.29, 1.82) is 0 Å². The van der Waals surface area contributed by atoms with Crippen LogP contribution in [0.3, 0.4) is 0 Å². The van der Waals surface area contributed by atoms with Gasteiger partial charge in [-0.3, -0.25) is 14.6 Å². The van der Waals surface area contributed by atoms with Crippen LogP contribution in [0.1, 0.15) is 4.88 Å². The lowest BCUT2D eigenvalue weighted by atomic mass is 10.3. The first-order chi connectivity index (χ1) is 11.6. The van der Waals surface area contributed by atoms with Gasteiger partial charge in [0, 0.05) is 47.8 Å². The zero-order valence-corrected chi connectivity index (χ0v) is 16.3. The van der Waals surface area contributed by atoms with E-state index in [-0.39, 0.29) is 5.91 Å². The van der Waals surface area contributed by atoms with E-state index >= 15 is 0 Å². The van der Waals surface area contributed by atoms with Crippen LogP contribution in [-0.4, -0.2) is 48.4 Å². The quantitative estimate of drug-likeness (QED) is 0.784. The van der Waals surface area contributed by atoms with E-state index in [0.29, 0.717) is 6.54 Å². The van der Waals surface area contributed by atoms with E-state index in [1.54, 1.807) is 11.3 Å². The van der Waals surface area contributed by atoms with E-state index in [4.69, 9.17) is 11.6 Å². The van der Waals surface area contributed by atoms with Crippen molar-refractivity contribution in [3.8, 4) is 0 Å². The van der Waals surface area contributed by atoms with Gasteiger partial charge in [0.1, 0.15) is 0 Å². The van der Waals surface area contributed by atoms with Crippen LogP contribution in [0.25, 0.3) is 0 Å². The molecule has 1 aromatic heterocycles. The molecule has 1 fully saturated rings.